The van der Waals surface area contributed by atoms with Crippen LogP contribution in [0.15, 0.2) is 42.5 Å². The highest BCUT2D eigenvalue weighted by molar-refractivity contribution is 6.30. The first kappa shape index (κ1) is 15.4. The van der Waals surface area contributed by atoms with Crippen molar-refractivity contribution in [3.8, 4) is 11.5 Å². The standard InChI is InChI=1S/C17H19ClN2O/c1-2-3-4-12-5-8-14(9-6-12)21-16-11-13(18)7-10-15(16)17(19)20/h5-11H,2-4H2,1H3,(H3,19,20). The minimum Gasteiger partial charge on any atom is -0.457 e. The van der Waals surface area contributed by atoms with E-state index < -0.39 is 0 Å². The molecule has 2 rings (SSSR count). The molecule has 3 nitrogen and oxygen atoms in total. The highest BCUT2D eigenvalue weighted by Gasteiger charge is 2.08. The Kier molecular flexibility index (Phi) is 5.23. The predicted molar refractivity (Wildman–Crippen MR) is 87.6 cm³/mol. The van der Waals surface area contributed by atoms with Crippen LogP contribution in [0, 0.1) is 5.41 Å². The molecule has 0 atom stereocenters. The Bertz CT molecular complexity index is 623. The first-order chi connectivity index (χ1) is 10.1. The van der Waals surface area contributed by atoms with Crippen LogP contribution >= 0.6 is 11.6 Å². The number of benzene rings is 2. The largest absolute Gasteiger partial charge is 0.457 e. The van der Waals surface area contributed by atoms with Crippen LogP contribution in [0.1, 0.15) is 30.9 Å². The van der Waals surface area contributed by atoms with Gasteiger partial charge in [-0.05, 0) is 42.7 Å². The molecule has 0 heterocycles. The number of unbranched alkanes of at least 4 members (excludes halogenated alkanes) is 1. The molecule has 0 saturated heterocycles. The minimum absolute atomic E-state index is 0.0405. The molecular formula is C17H19ClN2O. The van der Waals surface area contributed by atoms with E-state index in [0.717, 1.165) is 6.42 Å². The number of nitrogens with two attached hydrogens (primary N) is 1. The first-order valence-corrected chi connectivity index (χ1v) is 7.38. The van der Waals surface area contributed by atoms with Crippen LogP contribution in [-0.2, 0) is 6.42 Å². The second kappa shape index (κ2) is 7.14. The second-order valence-corrected chi connectivity index (χ2v) is 5.34. The number of rotatable bonds is 6. The molecule has 110 valence electrons. The van der Waals surface area contributed by atoms with Crippen LogP contribution in [0.2, 0.25) is 5.02 Å². The number of nitrogen functional groups attached to an aromatic ring is 1. The molecule has 0 aliphatic heterocycles. The molecule has 0 aromatic heterocycles. The number of ether oxygens (including phenoxy) is 1. The van der Waals surface area contributed by atoms with Crippen molar-refractivity contribution in [1.29, 1.82) is 5.41 Å². The van der Waals surface area contributed by atoms with Gasteiger partial charge in [0.05, 0.1) is 5.56 Å². The molecular weight excluding hydrogens is 284 g/mol. The van der Waals surface area contributed by atoms with Gasteiger partial charge in [-0.15, -0.1) is 0 Å². The fourth-order valence-electron chi connectivity index (χ4n) is 2.04. The van der Waals surface area contributed by atoms with E-state index in [0.29, 0.717) is 22.1 Å². The van der Waals surface area contributed by atoms with E-state index in [1.807, 2.05) is 12.1 Å². The molecule has 0 radical (unpaired) electrons. The van der Waals surface area contributed by atoms with Gasteiger partial charge in [-0.3, -0.25) is 5.41 Å². The van der Waals surface area contributed by atoms with Crippen molar-refractivity contribution >= 4 is 17.4 Å². The number of hydrogen-bond acceptors (Lipinski definition) is 2. The van der Waals surface area contributed by atoms with E-state index >= 15 is 0 Å². The molecule has 4 heteroatoms. The van der Waals surface area contributed by atoms with Crippen LogP contribution in [-0.4, -0.2) is 5.84 Å². The Morgan fingerprint density at radius 2 is 1.90 bits per heavy atom. The normalized spacial score (nSPS) is 10.4. The molecule has 0 spiro atoms. The van der Waals surface area contributed by atoms with E-state index in [-0.39, 0.29) is 5.84 Å². The van der Waals surface area contributed by atoms with E-state index in [1.165, 1.54) is 18.4 Å². The van der Waals surface area contributed by atoms with Crippen LogP contribution in [0.3, 0.4) is 0 Å². The molecule has 0 fully saturated rings. The average Bonchev–Trinajstić information content (AvgIpc) is 2.46. The Labute approximate surface area is 130 Å². The Balaban J connectivity index is 2.18. The fourth-order valence-corrected chi connectivity index (χ4v) is 2.20. The molecule has 3 N–H and O–H groups in total. The predicted octanol–water partition coefficient (Wildman–Crippen LogP) is 4.76. The van der Waals surface area contributed by atoms with Gasteiger partial charge in [0.2, 0.25) is 0 Å². The summed E-state index contributed by atoms with van der Waals surface area (Å²) in [5.74, 6) is 1.16. The molecule has 0 amide bonds. The van der Waals surface area contributed by atoms with Gasteiger partial charge in [0.1, 0.15) is 17.3 Å². The Hall–Kier alpha value is -2.00. The number of nitrogens with one attached hydrogen (secondary N) is 1. The maximum Gasteiger partial charge on any atom is 0.139 e. The quantitative estimate of drug-likeness (QED) is 0.597. The summed E-state index contributed by atoms with van der Waals surface area (Å²) in [5, 5.41) is 8.13. The number of halogens is 1. The zero-order valence-corrected chi connectivity index (χ0v) is 12.8. The van der Waals surface area contributed by atoms with Gasteiger partial charge >= 0.3 is 0 Å². The summed E-state index contributed by atoms with van der Waals surface area (Å²) < 4.78 is 5.81. The first-order valence-electron chi connectivity index (χ1n) is 7.01. The summed E-state index contributed by atoms with van der Waals surface area (Å²) in [6, 6.07) is 13.0. The van der Waals surface area contributed by atoms with E-state index in [4.69, 9.17) is 27.5 Å². The van der Waals surface area contributed by atoms with E-state index in [9.17, 15) is 0 Å². The molecule has 0 aliphatic carbocycles. The maximum atomic E-state index is 7.58. The lowest BCUT2D eigenvalue weighted by Gasteiger charge is -2.11. The molecule has 0 bridgehead atoms. The SMILES string of the molecule is CCCCc1ccc(Oc2cc(Cl)ccc2C(=N)N)cc1. The van der Waals surface area contributed by atoms with Gasteiger partial charge in [0, 0.05) is 11.1 Å². The lowest BCUT2D eigenvalue weighted by Crippen LogP contribution is -2.12. The summed E-state index contributed by atoms with van der Waals surface area (Å²) in [6.45, 7) is 2.18. The average molecular weight is 303 g/mol. The van der Waals surface area contributed by atoms with Crippen LogP contribution in [0.25, 0.3) is 0 Å². The molecule has 0 saturated carbocycles. The van der Waals surface area contributed by atoms with Gasteiger partial charge in [0.25, 0.3) is 0 Å². The zero-order valence-electron chi connectivity index (χ0n) is 12.0. The monoisotopic (exact) mass is 302 g/mol. The third-order valence-corrected chi connectivity index (χ3v) is 3.44. The van der Waals surface area contributed by atoms with Crippen molar-refractivity contribution in [2.75, 3.05) is 0 Å². The topological polar surface area (TPSA) is 59.1 Å². The lowest BCUT2D eigenvalue weighted by molar-refractivity contribution is 0.481. The van der Waals surface area contributed by atoms with Crippen LogP contribution in [0.4, 0.5) is 0 Å². The summed E-state index contributed by atoms with van der Waals surface area (Å²) in [4.78, 5) is 0. The molecule has 21 heavy (non-hydrogen) atoms. The highest BCUT2D eigenvalue weighted by atomic mass is 35.5. The van der Waals surface area contributed by atoms with Gasteiger partial charge in [-0.25, -0.2) is 0 Å². The van der Waals surface area contributed by atoms with Crippen molar-refractivity contribution in [3.05, 3.63) is 58.6 Å². The molecule has 2 aromatic carbocycles. The Morgan fingerprint density at radius 3 is 2.52 bits per heavy atom. The van der Waals surface area contributed by atoms with Crippen LogP contribution < -0.4 is 10.5 Å². The van der Waals surface area contributed by atoms with Gasteiger partial charge in [0.15, 0.2) is 0 Å². The maximum absolute atomic E-state index is 7.58. The summed E-state index contributed by atoms with van der Waals surface area (Å²) in [7, 11) is 0. The molecule has 2 aromatic rings. The highest BCUT2D eigenvalue weighted by Crippen LogP contribution is 2.28. The summed E-state index contributed by atoms with van der Waals surface area (Å²) in [6.07, 6.45) is 3.44. The van der Waals surface area contributed by atoms with Gasteiger partial charge in [-0.2, -0.15) is 0 Å². The van der Waals surface area contributed by atoms with E-state index in [1.54, 1.807) is 18.2 Å². The number of hydrogen-bond donors (Lipinski definition) is 2. The summed E-state index contributed by atoms with van der Waals surface area (Å²) >= 11 is 5.98. The second-order valence-electron chi connectivity index (χ2n) is 4.90. The van der Waals surface area contributed by atoms with Gasteiger partial charge < -0.3 is 10.5 Å². The molecule has 0 unspecified atom stereocenters. The third-order valence-electron chi connectivity index (χ3n) is 3.20. The van der Waals surface area contributed by atoms with Crippen molar-refractivity contribution in [1.82, 2.24) is 0 Å². The van der Waals surface area contributed by atoms with Crippen molar-refractivity contribution in [2.45, 2.75) is 26.2 Å². The van der Waals surface area contributed by atoms with Crippen molar-refractivity contribution in [3.63, 3.8) is 0 Å². The third kappa shape index (κ3) is 4.23. The van der Waals surface area contributed by atoms with Crippen LogP contribution in [0.5, 0.6) is 11.5 Å². The smallest absolute Gasteiger partial charge is 0.139 e. The number of amidine groups is 1. The zero-order chi connectivity index (χ0) is 15.2. The summed E-state index contributed by atoms with van der Waals surface area (Å²) in [5.41, 5.74) is 7.39. The molecule has 0 aliphatic rings. The van der Waals surface area contributed by atoms with Crippen molar-refractivity contribution < 1.29 is 4.74 Å². The van der Waals surface area contributed by atoms with Gasteiger partial charge in [-0.1, -0.05) is 37.1 Å². The van der Waals surface area contributed by atoms with Crippen molar-refractivity contribution in [2.24, 2.45) is 5.73 Å². The lowest BCUT2D eigenvalue weighted by atomic mass is 10.1. The number of aryl methyl sites for hydroxylation is 1. The minimum atomic E-state index is -0.0405. The fraction of sp³-hybridized carbons (Fsp3) is 0.235. The Morgan fingerprint density at radius 1 is 1.19 bits per heavy atom. The van der Waals surface area contributed by atoms with E-state index in [2.05, 4.69) is 19.1 Å².